The highest BCUT2D eigenvalue weighted by Crippen LogP contribution is 2.28. The van der Waals surface area contributed by atoms with Gasteiger partial charge in [0.1, 0.15) is 0 Å². The summed E-state index contributed by atoms with van der Waals surface area (Å²) in [6, 6.07) is 5.02. The maximum atomic E-state index is 13.4. The van der Waals surface area contributed by atoms with E-state index in [1.807, 2.05) is 11.9 Å². The minimum atomic E-state index is -0.486. The number of thioether (sulfide) groups is 1. The second-order valence-electron chi connectivity index (χ2n) is 9.38. The Kier molecular flexibility index (Phi) is 7.93. The van der Waals surface area contributed by atoms with E-state index < -0.39 is 5.97 Å². The minimum Gasteiger partial charge on any atom is -0.465 e. The van der Waals surface area contributed by atoms with Crippen LogP contribution >= 0.6 is 11.8 Å². The van der Waals surface area contributed by atoms with Crippen molar-refractivity contribution in [1.82, 2.24) is 14.5 Å². The van der Waals surface area contributed by atoms with Gasteiger partial charge >= 0.3 is 5.97 Å². The number of aromatic nitrogens is 2. The summed E-state index contributed by atoms with van der Waals surface area (Å²) in [6.45, 7) is 3.35. The van der Waals surface area contributed by atoms with E-state index in [9.17, 15) is 14.4 Å². The number of carbonyl (C=O) groups is 2. The smallest absolute Gasteiger partial charge is 0.337 e. The quantitative estimate of drug-likeness (QED) is 0.335. The lowest BCUT2D eigenvalue weighted by atomic mass is 9.87. The Labute approximate surface area is 204 Å². The monoisotopic (exact) mass is 487 g/mol. The van der Waals surface area contributed by atoms with Gasteiger partial charge in [0, 0.05) is 19.7 Å². The third kappa shape index (κ3) is 5.46. The van der Waals surface area contributed by atoms with Gasteiger partial charge in [0.15, 0.2) is 5.16 Å². The van der Waals surface area contributed by atoms with Crippen LogP contribution in [0.15, 0.2) is 28.2 Å². The van der Waals surface area contributed by atoms with Gasteiger partial charge in [-0.1, -0.05) is 18.7 Å². The van der Waals surface area contributed by atoms with Crippen molar-refractivity contribution in [1.29, 1.82) is 0 Å². The fourth-order valence-electron chi connectivity index (χ4n) is 4.77. The Hall–Kier alpha value is -2.39. The highest BCUT2D eigenvalue weighted by molar-refractivity contribution is 7.99. The van der Waals surface area contributed by atoms with Gasteiger partial charge in [-0.15, -0.1) is 0 Å². The van der Waals surface area contributed by atoms with E-state index >= 15 is 0 Å². The number of fused-ring (bicyclic) bond motifs is 1. The van der Waals surface area contributed by atoms with E-state index in [0.29, 0.717) is 34.8 Å². The number of amides is 1. The van der Waals surface area contributed by atoms with Gasteiger partial charge in [-0.05, 0) is 62.6 Å². The van der Waals surface area contributed by atoms with Crippen molar-refractivity contribution in [2.24, 2.45) is 5.92 Å². The van der Waals surface area contributed by atoms with Gasteiger partial charge in [-0.3, -0.25) is 14.2 Å². The molecular weight excluding hydrogens is 454 g/mol. The van der Waals surface area contributed by atoms with Gasteiger partial charge in [-0.25, -0.2) is 9.78 Å². The average molecular weight is 488 g/mol. The molecule has 2 aromatic rings. The molecule has 1 aromatic carbocycles. The van der Waals surface area contributed by atoms with Crippen LogP contribution in [0.3, 0.4) is 0 Å². The zero-order valence-electron chi connectivity index (χ0n) is 20.1. The molecule has 1 aromatic heterocycles. The summed E-state index contributed by atoms with van der Waals surface area (Å²) in [5.74, 6) is 0.465. The summed E-state index contributed by atoms with van der Waals surface area (Å²) in [5, 5.41) is 0.892. The van der Waals surface area contributed by atoms with E-state index in [4.69, 9.17) is 14.5 Å². The molecule has 2 aliphatic rings. The maximum Gasteiger partial charge on any atom is 0.337 e. The number of carbonyl (C=O) groups excluding carboxylic acids is 2. The first-order chi connectivity index (χ1) is 16.4. The van der Waals surface area contributed by atoms with Gasteiger partial charge in [-0.2, -0.15) is 0 Å². The van der Waals surface area contributed by atoms with Crippen molar-refractivity contribution in [3.8, 4) is 0 Å². The van der Waals surface area contributed by atoms with Gasteiger partial charge in [0.25, 0.3) is 5.56 Å². The third-order valence-electron chi connectivity index (χ3n) is 7.00. The third-order valence-corrected chi connectivity index (χ3v) is 7.96. The molecule has 4 rings (SSSR count). The Morgan fingerprint density at radius 2 is 2.00 bits per heavy atom. The molecule has 184 valence electrons. The number of benzene rings is 1. The Morgan fingerprint density at radius 3 is 2.68 bits per heavy atom. The fraction of sp³-hybridized carbons (Fsp3) is 0.600. The van der Waals surface area contributed by atoms with Crippen molar-refractivity contribution < 1.29 is 19.1 Å². The molecule has 34 heavy (non-hydrogen) atoms. The highest BCUT2D eigenvalue weighted by atomic mass is 32.2. The maximum absolute atomic E-state index is 13.4. The summed E-state index contributed by atoms with van der Waals surface area (Å²) in [5.41, 5.74) is 0.555. The minimum absolute atomic E-state index is 0.0332. The molecule has 2 fully saturated rings. The number of hydrogen-bond donors (Lipinski definition) is 0. The molecule has 0 unspecified atom stereocenters. The van der Waals surface area contributed by atoms with Crippen LogP contribution in [0.4, 0.5) is 0 Å². The first-order valence-electron chi connectivity index (χ1n) is 12.0. The molecule has 1 amide bonds. The van der Waals surface area contributed by atoms with E-state index in [2.05, 4.69) is 6.92 Å². The van der Waals surface area contributed by atoms with Crippen LogP contribution in [0.2, 0.25) is 0 Å². The molecule has 1 aliphatic heterocycles. The average Bonchev–Trinajstić information content (AvgIpc) is 3.37. The molecule has 0 bridgehead atoms. The number of ether oxygens (including phenoxy) is 2. The van der Waals surface area contributed by atoms with Gasteiger partial charge in [0.05, 0.1) is 42.0 Å². The van der Waals surface area contributed by atoms with Crippen molar-refractivity contribution in [3.63, 3.8) is 0 Å². The predicted octanol–water partition coefficient (Wildman–Crippen LogP) is 3.49. The number of rotatable bonds is 7. The standard InChI is InChI=1S/C25H33N3O5S/c1-16-6-9-18(10-7-16)27(2)22(29)15-34-25-26-21-13-17(24(31)32-3)8-11-20(21)23(30)28(25)14-19-5-4-12-33-19/h8,11,13,16,18-19H,4-7,9-10,12,14-15H2,1-3H3/t16?,18?,19-/m0/s1. The van der Waals surface area contributed by atoms with Gasteiger partial charge < -0.3 is 14.4 Å². The summed E-state index contributed by atoms with van der Waals surface area (Å²) in [4.78, 5) is 44.9. The molecular formula is C25H33N3O5S. The second kappa shape index (κ2) is 10.9. The van der Waals surface area contributed by atoms with Gasteiger partial charge in [0.2, 0.25) is 5.91 Å². The van der Waals surface area contributed by atoms with Crippen LogP contribution in [0, 0.1) is 5.92 Å². The second-order valence-corrected chi connectivity index (χ2v) is 10.3. The predicted molar refractivity (Wildman–Crippen MR) is 131 cm³/mol. The van der Waals surface area contributed by atoms with Crippen LogP contribution < -0.4 is 5.56 Å². The first-order valence-corrected chi connectivity index (χ1v) is 13.0. The fourth-order valence-corrected chi connectivity index (χ4v) is 5.70. The molecule has 2 heterocycles. The van der Waals surface area contributed by atoms with Crippen LogP contribution in [0.5, 0.6) is 0 Å². The van der Waals surface area contributed by atoms with E-state index in [1.165, 1.54) is 18.9 Å². The molecule has 1 aliphatic carbocycles. The summed E-state index contributed by atoms with van der Waals surface area (Å²) in [7, 11) is 3.19. The first kappa shape index (κ1) is 24.7. The highest BCUT2D eigenvalue weighted by Gasteiger charge is 2.26. The number of nitrogens with zero attached hydrogens (tertiary/aromatic N) is 3. The van der Waals surface area contributed by atoms with Crippen LogP contribution in [0.1, 0.15) is 55.8 Å². The van der Waals surface area contributed by atoms with E-state index in [0.717, 1.165) is 44.4 Å². The number of esters is 1. The molecule has 1 atom stereocenters. The Bertz CT molecular complexity index is 1100. The molecule has 0 radical (unpaired) electrons. The molecule has 1 saturated carbocycles. The van der Waals surface area contributed by atoms with Crippen LogP contribution in [0.25, 0.3) is 10.9 Å². The molecule has 0 spiro atoms. The zero-order valence-corrected chi connectivity index (χ0v) is 20.9. The topological polar surface area (TPSA) is 90.7 Å². The van der Waals surface area contributed by atoms with Crippen molar-refractivity contribution in [3.05, 3.63) is 34.1 Å². The van der Waals surface area contributed by atoms with Crippen molar-refractivity contribution in [2.45, 2.75) is 69.3 Å². The summed E-state index contributed by atoms with van der Waals surface area (Å²) in [6.07, 6.45) is 6.15. The van der Waals surface area contributed by atoms with Crippen molar-refractivity contribution in [2.75, 3.05) is 26.5 Å². The molecule has 9 heteroatoms. The Morgan fingerprint density at radius 1 is 1.24 bits per heavy atom. The lowest BCUT2D eigenvalue weighted by molar-refractivity contribution is -0.129. The lowest BCUT2D eigenvalue weighted by Crippen LogP contribution is -2.40. The van der Waals surface area contributed by atoms with E-state index in [-0.39, 0.29) is 29.4 Å². The normalized spacial score (nSPS) is 22.6. The largest absolute Gasteiger partial charge is 0.465 e. The Balaban J connectivity index is 1.59. The number of hydrogen-bond acceptors (Lipinski definition) is 7. The van der Waals surface area contributed by atoms with Crippen LogP contribution in [-0.4, -0.2) is 65.0 Å². The number of methoxy groups -OCH3 is 1. The SMILES string of the molecule is COC(=O)c1ccc2c(=O)n(C[C@@H]3CCCO3)c(SCC(=O)N(C)C3CCC(C)CC3)nc2c1. The summed E-state index contributed by atoms with van der Waals surface area (Å²) >= 11 is 1.27. The summed E-state index contributed by atoms with van der Waals surface area (Å²) < 4.78 is 12.2. The molecule has 0 N–H and O–H groups in total. The molecule has 8 nitrogen and oxygen atoms in total. The lowest BCUT2D eigenvalue weighted by Gasteiger charge is -2.33. The van der Waals surface area contributed by atoms with Crippen LogP contribution in [-0.2, 0) is 20.8 Å². The molecule has 1 saturated heterocycles. The zero-order chi connectivity index (χ0) is 24.2. The van der Waals surface area contributed by atoms with E-state index in [1.54, 1.807) is 22.8 Å². The van der Waals surface area contributed by atoms with Crippen molar-refractivity contribution >= 4 is 34.5 Å².